The lowest BCUT2D eigenvalue weighted by Crippen LogP contribution is -2.13. The predicted molar refractivity (Wildman–Crippen MR) is 73.2 cm³/mol. The summed E-state index contributed by atoms with van der Waals surface area (Å²) in [6.07, 6.45) is 3.77. The molecule has 0 aliphatic heterocycles. The Morgan fingerprint density at radius 2 is 2.18 bits per heavy atom. The number of para-hydroxylation sites is 1. The van der Waals surface area contributed by atoms with Gasteiger partial charge in [0.25, 0.3) is 0 Å². The molecule has 5 heteroatoms. The summed E-state index contributed by atoms with van der Waals surface area (Å²) in [6.45, 7) is 0.827. The first-order valence-electron chi connectivity index (χ1n) is 5.17. The molecule has 0 aliphatic rings. The summed E-state index contributed by atoms with van der Waals surface area (Å²) in [6, 6.07) is 7.94. The van der Waals surface area contributed by atoms with Crippen molar-refractivity contribution < 1.29 is 0 Å². The summed E-state index contributed by atoms with van der Waals surface area (Å²) in [5.74, 6) is 0. The predicted octanol–water partition coefficient (Wildman–Crippen LogP) is 2.17. The van der Waals surface area contributed by atoms with Crippen molar-refractivity contribution in [3.8, 4) is 6.19 Å². The fourth-order valence-electron chi connectivity index (χ4n) is 1.38. The number of amidine groups is 1. The fraction of sp³-hybridized carbons (Fsp3) is 0.333. The Hall–Kier alpha value is -1.51. The maximum atomic E-state index is 8.60. The van der Waals surface area contributed by atoms with Crippen LogP contribution in [-0.2, 0) is 6.54 Å². The first-order chi connectivity index (χ1) is 8.17. The number of nitrogens with one attached hydrogen (secondary N) is 1. The van der Waals surface area contributed by atoms with Gasteiger partial charge in [0.05, 0.1) is 5.69 Å². The number of rotatable bonds is 3. The van der Waals surface area contributed by atoms with E-state index in [2.05, 4.69) is 15.2 Å². The highest BCUT2D eigenvalue weighted by molar-refractivity contribution is 8.13. The van der Waals surface area contributed by atoms with Crippen molar-refractivity contribution >= 4 is 22.6 Å². The number of nitriles is 1. The lowest BCUT2D eigenvalue weighted by Gasteiger charge is -2.12. The van der Waals surface area contributed by atoms with Gasteiger partial charge in [0, 0.05) is 6.54 Å². The lowest BCUT2D eigenvalue weighted by atomic mass is 10.2. The molecule has 0 bridgehead atoms. The molecule has 0 aliphatic carbocycles. The molecule has 1 aromatic carbocycles. The molecule has 17 heavy (non-hydrogen) atoms. The van der Waals surface area contributed by atoms with E-state index in [0.717, 1.165) is 17.8 Å². The standard InChI is InChI=1S/C12H16N4S/c1-16(2)8-10-6-4-5-7-11(10)15-12(17-3)14-9-13/h4-7H,8H2,1-3H3,(H,14,15). The molecule has 4 nitrogen and oxygen atoms in total. The van der Waals surface area contributed by atoms with Crippen LogP contribution < -0.4 is 5.32 Å². The van der Waals surface area contributed by atoms with Crippen molar-refractivity contribution in [2.75, 3.05) is 20.4 Å². The van der Waals surface area contributed by atoms with Gasteiger partial charge in [0.1, 0.15) is 0 Å². The normalized spacial score (nSPS) is 11.4. The van der Waals surface area contributed by atoms with Gasteiger partial charge in [0.15, 0.2) is 11.4 Å². The minimum Gasteiger partial charge on any atom is -0.305 e. The smallest absolute Gasteiger partial charge is 0.183 e. The topological polar surface area (TPSA) is 51.4 Å². The van der Waals surface area contributed by atoms with Crippen LogP contribution in [0.25, 0.3) is 0 Å². The Bertz CT molecular complexity index is 434. The number of thioether (sulfide) groups is 1. The van der Waals surface area contributed by atoms with Crippen LogP contribution in [0.5, 0.6) is 0 Å². The van der Waals surface area contributed by atoms with Crippen molar-refractivity contribution in [1.82, 2.24) is 10.2 Å². The highest BCUT2D eigenvalue weighted by atomic mass is 32.2. The minimum atomic E-state index is 0.610. The summed E-state index contributed by atoms with van der Waals surface area (Å²) in [5, 5.41) is 11.8. The van der Waals surface area contributed by atoms with Gasteiger partial charge in [-0.25, -0.2) is 4.99 Å². The fourth-order valence-corrected chi connectivity index (χ4v) is 1.71. The second kappa shape index (κ2) is 6.94. The highest BCUT2D eigenvalue weighted by Crippen LogP contribution is 2.20. The number of hydrogen-bond donors (Lipinski definition) is 1. The number of nitrogens with zero attached hydrogens (tertiary/aromatic N) is 3. The van der Waals surface area contributed by atoms with Gasteiger partial charge in [-0.3, -0.25) is 5.32 Å². The number of hydrogen-bond acceptors (Lipinski definition) is 4. The van der Waals surface area contributed by atoms with Gasteiger partial charge in [0.2, 0.25) is 0 Å². The lowest BCUT2D eigenvalue weighted by molar-refractivity contribution is 0.403. The second-order valence-electron chi connectivity index (χ2n) is 3.72. The van der Waals surface area contributed by atoms with Gasteiger partial charge in [-0.15, -0.1) is 0 Å². The zero-order valence-electron chi connectivity index (χ0n) is 10.3. The van der Waals surface area contributed by atoms with E-state index in [1.807, 2.05) is 50.8 Å². The molecule has 0 saturated heterocycles. The zero-order chi connectivity index (χ0) is 12.7. The molecular weight excluding hydrogens is 232 g/mol. The monoisotopic (exact) mass is 248 g/mol. The van der Waals surface area contributed by atoms with Crippen LogP contribution in [-0.4, -0.2) is 30.4 Å². The third-order valence-corrected chi connectivity index (χ3v) is 2.64. The first kappa shape index (κ1) is 13.6. The van der Waals surface area contributed by atoms with Crippen molar-refractivity contribution in [2.45, 2.75) is 6.54 Å². The first-order valence-corrected chi connectivity index (χ1v) is 6.40. The Balaban J connectivity index is 3.00. The Morgan fingerprint density at radius 1 is 1.47 bits per heavy atom. The molecule has 1 aromatic rings. The van der Waals surface area contributed by atoms with E-state index < -0.39 is 0 Å². The summed E-state index contributed by atoms with van der Waals surface area (Å²) in [4.78, 5) is 6.53. The van der Waals surface area contributed by atoms with E-state index in [1.165, 1.54) is 11.8 Å². The quantitative estimate of drug-likeness (QED) is 0.385. The molecule has 0 heterocycles. The molecule has 0 unspecified atom stereocenters. The largest absolute Gasteiger partial charge is 0.305 e. The van der Waals surface area contributed by atoms with Crippen LogP contribution in [0, 0.1) is 11.5 Å². The summed E-state index contributed by atoms with van der Waals surface area (Å²) in [5.41, 5.74) is 2.04. The molecule has 1 rings (SSSR count). The maximum Gasteiger partial charge on any atom is 0.183 e. The third-order valence-electron chi connectivity index (χ3n) is 2.06. The molecule has 1 N–H and O–H groups in total. The van der Waals surface area contributed by atoms with Crippen LogP contribution in [0.2, 0.25) is 0 Å². The van der Waals surface area contributed by atoms with E-state index in [9.17, 15) is 0 Å². The van der Waals surface area contributed by atoms with Gasteiger partial charge in [-0.1, -0.05) is 30.0 Å². The average molecular weight is 248 g/mol. The molecular formula is C12H16N4S. The molecule has 0 amide bonds. The Morgan fingerprint density at radius 3 is 2.76 bits per heavy atom. The Kier molecular flexibility index (Phi) is 5.53. The second-order valence-corrected chi connectivity index (χ2v) is 4.52. The summed E-state index contributed by atoms with van der Waals surface area (Å²) in [7, 11) is 4.03. The van der Waals surface area contributed by atoms with E-state index in [0.29, 0.717) is 5.17 Å². The summed E-state index contributed by atoms with van der Waals surface area (Å²) >= 11 is 1.42. The molecule has 0 fully saturated rings. The van der Waals surface area contributed by atoms with Gasteiger partial charge in [-0.05, 0) is 32.0 Å². The van der Waals surface area contributed by atoms with Crippen molar-refractivity contribution in [2.24, 2.45) is 4.99 Å². The maximum absolute atomic E-state index is 8.60. The molecule has 90 valence electrons. The van der Waals surface area contributed by atoms with Crippen molar-refractivity contribution in [1.29, 1.82) is 5.26 Å². The molecule has 0 spiro atoms. The minimum absolute atomic E-state index is 0.610. The van der Waals surface area contributed by atoms with Crippen LogP contribution in [0.3, 0.4) is 0 Å². The summed E-state index contributed by atoms with van der Waals surface area (Å²) < 4.78 is 0. The van der Waals surface area contributed by atoms with E-state index in [4.69, 9.17) is 5.26 Å². The van der Waals surface area contributed by atoms with Crippen LogP contribution in [0.4, 0.5) is 5.69 Å². The van der Waals surface area contributed by atoms with E-state index >= 15 is 0 Å². The third kappa shape index (κ3) is 4.47. The van der Waals surface area contributed by atoms with Gasteiger partial charge >= 0.3 is 0 Å². The van der Waals surface area contributed by atoms with Crippen molar-refractivity contribution in [3.63, 3.8) is 0 Å². The molecule has 0 atom stereocenters. The number of benzene rings is 1. The van der Waals surface area contributed by atoms with Crippen LogP contribution in [0.15, 0.2) is 29.3 Å². The molecule has 0 saturated carbocycles. The van der Waals surface area contributed by atoms with E-state index in [-0.39, 0.29) is 0 Å². The number of aliphatic imine (C=N–C) groups is 1. The highest BCUT2D eigenvalue weighted by Gasteiger charge is 2.03. The van der Waals surface area contributed by atoms with Crippen LogP contribution in [0.1, 0.15) is 5.56 Å². The molecule has 0 aromatic heterocycles. The van der Waals surface area contributed by atoms with Gasteiger partial charge < -0.3 is 4.90 Å². The zero-order valence-corrected chi connectivity index (χ0v) is 11.1. The average Bonchev–Trinajstić information content (AvgIpc) is 2.30. The van der Waals surface area contributed by atoms with Gasteiger partial charge in [-0.2, -0.15) is 5.26 Å². The van der Waals surface area contributed by atoms with E-state index in [1.54, 1.807) is 0 Å². The molecule has 0 radical (unpaired) electrons. The van der Waals surface area contributed by atoms with Crippen molar-refractivity contribution in [3.05, 3.63) is 29.8 Å². The SMILES string of the molecule is CSC(=Nc1ccccc1CN(C)C)NC#N. The van der Waals surface area contributed by atoms with Crippen LogP contribution >= 0.6 is 11.8 Å². The Labute approximate surface area is 106 Å².